The molecule has 1 aliphatic heterocycles. The van der Waals surface area contributed by atoms with Gasteiger partial charge in [-0.2, -0.15) is 13.2 Å². The highest BCUT2D eigenvalue weighted by molar-refractivity contribution is 6.36. The Morgan fingerprint density at radius 3 is 2.34 bits per heavy atom. The van der Waals surface area contributed by atoms with Crippen LogP contribution in [0.4, 0.5) is 18.9 Å². The Hall–Kier alpha value is -3.94. The number of carbonyl (C=O) groups excluding carboxylic acids is 2. The zero-order valence-electron chi connectivity index (χ0n) is 17.0. The summed E-state index contributed by atoms with van der Waals surface area (Å²) in [6.07, 6.45) is -2.98. The minimum atomic E-state index is -4.54. The standard InChI is InChI=1S/C24H18F3N3O2/c1-15-8-10-16(11-9-15)20-21(29-18-7-4-5-17(13-18)24(25,26)27)23(32)30(22(20)31)14-19-6-2-3-12-28-19/h2-13,29H,14H2,1H3. The Balaban J connectivity index is 1.75. The van der Waals surface area contributed by atoms with Crippen LogP contribution < -0.4 is 5.32 Å². The Bertz CT molecular complexity index is 1200. The fourth-order valence-corrected chi connectivity index (χ4v) is 3.39. The van der Waals surface area contributed by atoms with Crippen molar-refractivity contribution < 1.29 is 22.8 Å². The SMILES string of the molecule is Cc1ccc(C2=C(Nc3cccc(C(F)(F)F)c3)C(=O)N(Cc3ccccn3)C2=O)cc1. The third-order valence-corrected chi connectivity index (χ3v) is 5.01. The predicted octanol–water partition coefficient (Wildman–Crippen LogP) is 4.80. The minimum Gasteiger partial charge on any atom is -0.350 e. The summed E-state index contributed by atoms with van der Waals surface area (Å²) in [5.41, 5.74) is 1.19. The lowest BCUT2D eigenvalue weighted by Crippen LogP contribution is -2.32. The molecule has 8 heteroatoms. The van der Waals surface area contributed by atoms with E-state index in [1.807, 2.05) is 6.92 Å². The van der Waals surface area contributed by atoms with Crippen molar-refractivity contribution in [2.24, 2.45) is 0 Å². The van der Waals surface area contributed by atoms with Crippen LogP contribution in [-0.2, 0) is 22.3 Å². The average Bonchev–Trinajstić information content (AvgIpc) is 2.99. The first-order valence-corrected chi connectivity index (χ1v) is 9.76. The van der Waals surface area contributed by atoms with Crippen LogP contribution in [0.2, 0.25) is 0 Å². The van der Waals surface area contributed by atoms with Crippen LogP contribution >= 0.6 is 0 Å². The smallest absolute Gasteiger partial charge is 0.350 e. The summed E-state index contributed by atoms with van der Waals surface area (Å²) in [6, 6.07) is 16.6. The van der Waals surface area contributed by atoms with Crippen LogP contribution in [0.5, 0.6) is 0 Å². The van der Waals surface area contributed by atoms with Gasteiger partial charge in [-0.05, 0) is 42.8 Å². The second-order valence-corrected chi connectivity index (χ2v) is 7.34. The van der Waals surface area contributed by atoms with Crippen LogP contribution in [0.25, 0.3) is 5.57 Å². The highest BCUT2D eigenvalue weighted by Gasteiger charge is 2.39. The minimum absolute atomic E-state index is 0.0539. The van der Waals surface area contributed by atoms with Gasteiger partial charge in [-0.1, -0.05) is 42.0 Å². The first kappa shape index (κ1) is 21.3. The number of alkyl halides is 3. The number of rotatable bonds is 5. The molecule has 32 heavy (non-hydrogen) atoms. The first-order chi connectivity index (χ1) is 15.2. The molecule has 3 aromatic rings. The lowest BCUT2D eigenvalue weighted by Gasteiger charge is -2.15. The summed E-state index contributed by atoms with van der Waals surface area (Å²) < 4.78 is 39.4. The molecule has 1 aromatic heterocycles. The molecule has 0 spiro atoms. The zero-order chi connectivity index (χ0) is 22.9. The molecule has 5 nitrogen and oxygen atoms in total. The van der Waals surface area contributed by atoms with Gasteiger partial charge in [-0.25, -0.2) is 0 Å². The quantitative estimate of drug-likeness (QED) is 0.583. The van der Waals surface area contributed by atoms with Crippen LogP contribution in [-0.4, -0.2) is 21.7 Å². The van der Waals surface area contributed by atoms with Crippen molar-refractivity contribution in [3.63, 3.8) is 0 Å². The summed E-state index contributed by atoms with van der Waals surface area (Å²) in [5.74, 6) is -1.17. The number of anilines is 1. The van der Waals surface area contributed by atoms with E-state index in [-0.39, 0.29) is 23.5 Å². The Labute approximate surface area is 182 Å². The number of hydrogen-bond donors (Lipinski definition) is 1. The van der Waals surface area contributed by atoms with E-state index >= 15 is 0 Å². The largest absolute Gasteiger partial charge is 0.416 e. The van der Waals surface area contributed by atoms with Gasteiger partial charge in [0.1, 0.15) is 5.70 Å². The maximum Gasteiger partial charge on any atom is 0.416 e. The highest BCUT2D eigenvalue weighted by Crippen LogP contribution is 2.34. The van der Waals surface area contributed by atoms with Crippen molar-refractivity contribution in [3.05, 3.63) is 101 Å². The molecule has 0 unspecified atom stereocenters. The number of aromatic nitrogens is 1. The Kier molecular flexibility index (Phi) is 5.52. The number of nitrogens with zero attached hydrogens (tertiary/aromatic N) is 2. The van der Waals surface area contributed by atoms with Gasteiger partial charge in [-0.15, -0.1) is 0 Å². The van der Waals surface area contributed by atoms with Crippen molar-refractivity contribution >= 4 is 23.1 Å². The fraction of sp³-hybridized carbons (Fsp3) is 0.125. The van der Waals surface area contributed by atoms with Crippen molar-refractivity contribution in [2.45, 2.75) is 19.6 Å². The molecule has 0 fully saturated rings. The molecule has 0 bridgehead atoms. The number of imide groups is 1. The van der Waals surface area contributed by atoms with Crippen LogP contribution in [0, 0.1) is 6.92 Å². The second kappa shape index (κ2) is 8.30. The van der Waals surface area contributed by atoms with Crippen molar-refractivity contribution in [2.75, 3.05) is 5.32 Å². The number of aryl methyl sites for hydroxylation is 1. The van der Waals surface area contributed by atoms with Gasteiger partial charge in [0.05, 0.1) is 23.4 Å². The van der Waals surface area contributed by atoms with Crippen LogP contribution in [0.1, 0.15) is 22.4 Å². The third kappa shape index (κ3) is 4.25. The van der Waals surface area contributed by atoms with Crippen molar-refractivity contribution in [1.29, 1.82) is 0 Å². The van der Waals surface area contributed by atoms with Crippen molar-refractivity contribution in [3.8, 4) is 0 Å². The number of amides is 2. The van der Waals surface area contributed by atoms with E-state index in [0.717, 1.165) is 22.6 Å². The monoisotopic (exact) mass is 437 g/mol. The number of carbonyl (C=O) groups is 2. The molecule has 0 saturated carbocycles. The fourth-order valence-electron chi connectivity index (χ4n) is 3.39. The van der Waals surface area contributed by atoms with Gasteiger partial charge in [-0.3, -0.25) is 19.5 Å². The third-order valence-electron chi connectivity index (χ3n) is 5.01. The Morgan fingerprint density at radius 2 is 1.69 bits per heavy atom. The molecule has 0 aliphatic carbocycles. The molecular weight excluding hydrogens is 419 g/mol. The summed E-state index contributed by atoms with van der Waals surface area (Å²) in [7, 11) is 0. The second-order valence-electron chi connectivity index (χ2n) is 7.34. The normalized spacial score (nSPS) is 14.3. The van der Waals surface area contributed by atoms with Gasteiger partial charge >= 0.3 is 6.18 Å². The van der Waals surface area contributed by atoms with Gasteiger partial charge in [0.25, 0.3) is 11.8 Å². The Morgan fingerprint density at radius 1 is 0.938 bits per heavy atom. The lowest BCUT2D eigenvalue weighted by atomic mass is 10.0. The summed E-state index contributed by atoms with van der Waals surface area (Å²) in [5, 5.41) is 2.76. The molecule has 0 radical (unpaired) electrons. The van der Waals surface area contributed by atoms with E-state index in [0.29, 0.717) is 11.3 Å². The summed E-state index contributed by atoms with van der Waals surface area (Å²) in [6.45, 7) is 1.83. The van der Waals surface area contributed by atoms with E-state index in [1.165, 1.54) is 12.1 Å². The number of pyridine rings is 1. The molecule has 0 saturated heterocycles. The topological polar surface area (TPSA) is 62.3 Å². The average molecular weight is 437 g/mol. The number of halogens is 3. The number of hydrogen-bond acceptors (Lipinski definition) is 4. The predicted molar refractivity (Wildman–Crippen MR) is 113 cm³/mol. The van der Waals surface area contributed by atoms with Crippen molar-refractivity contribution in [1.82, 2.24) is 9.88 Å². The maximum atomic E-state index is 13.2. The number of benzene rings is 2. The van der Waals surface area contributed by atoms with Crippen LogP contribution in [0.15, 0.2) is 78.6 Å². The molecule has 2 aromatic carbocycles. The summed E-state index contributed by atoms with van der Waals surface area (Å²) in [4.78, 5) is 31.6. The molecule has 162 valence electrons. The van der Waals surface area contributed by atoms with Gasteiger partial charge in [0.2, 0.25) is 0 Å². The van der Waals surface area contributed by atoms with Gasteiger partial charge < -0.3 is 5.32 Å². The molecule has 2 amide bonds. The van der Waals surface area contributed by atoms with Crippen LogP contribution in [0.3, 0.4) is 0 Å². The van der Waals surface area contributed by atoms with E-state index in [2.05, 4.69) is 10.3 Å². The van der Waals surface area contributed by atoms with E-state index in [9.17, 15) is 22.8 Å². The van der Waals surface area contributed by atoms with E-state index < -0.39 is 23.6 Å². The molecule has 0 atom stereocenters. The maximum absolute atomic E-state index is 13.2. The first-order valence-electron chi connectivity index (χ1n) is 9.76. The van der Waals surface area contributed by atoms with Gasteiger partial charge in [0.15, 0.2) is 0 Å². The molecule has 1 aliphatic rings. The lowest BCUT2D eigenvalue weighted by molar-refractivity contribution is -0.138. The molecule has 2 heterocycles. The molecular formula is C24H18F3N3O2. The molecule has 1 N–H and O–H groups in total. The van der Waals surface area contributed by atoms with E-state index in [1.54, 1.807) is 48.7 Å². The number of nitrogens with one attached hydrogen (secondary N) is 1. The highest BCUT2D eigenvalue weighted by atomic mass is 19.4. The summed E-state index contributed by atoms with van der Waals surface area (Å²) >= 11 is 0. The van der Waals surface area contributed by atoms with E-state index in [4.69, 9.17) is 0 Å². The van der Waals surface area contributed by atoms with Gasteiger partial charge in [0, 0.05) is 11.9 Å². The zero-order valence-corrected chi connectivity index (χ0v) is 17.0. The molecule has 4 rings (SSSR count).